The van der Waals surface area contributed by atoms with Crippen LogP contribution in [0.1, 0.15) is 5.69 Å². The highest BCUT2D eigenvalue weighted by atomic mass is 16.5. The first-order chi connectivity index (χ1) is 5.74. The summed E-state index contributed by atoms with van der Waals surface area (Å²) in [6, 6.07) is 3.80. The number of methoxy groups -OCH3 is 1. The third-order valence-corrected chi connectivity index (χ3v) is 1.53. The van der Waals surface area contributed by atoms with E-state index in [1.807, 2.05) is 26.2 Å². The number of pyridine rings is 1. The van der Waals surface area contributed by atoms with Crippen LogP contribution in [0.2, 0.25) is 0 Å². The van der Waals surface area contributed by atoms with E-state index in [1.54, 1.807) is 13.3 Å². The van der Waals surface area contributed by atoms with Crippen LogP contribution < -0.4 is 4.74 Å². The maximum absolute atomic E-state index is 5.16. The predicted octanol–water partition coefficient (Wildman–Crippen LogP) is 1.15. The Morgan fingerprint density at radius 1 is 1.50 bits per heavy atom. The second-order valence-electron chi connectivity index (χ2n) is 2.89. The minimum Gasteiger partial charge on any atom is -0.495 e. The fraction of sp³-hybridized carbons (Fsp3) is 0.444. The molecule has 0 aromatic carbocycles. The highest BCUT2D eigenvalue weighted by molar-refractivity contribution is 5.26. The predicted molar refractivity (Wildman–Crippen MR) is 48.2 cm³/mol. The zero-order chi connectivity index (χ0) is 8.97. The molecule has 1 heterocycles. The SMILES string of the molecule is COc1cccnc1CN(C)C. The molecule has 0 aliphatic rings. The Bertz CT molecular complexity index is 248. The van der Waals surface area contributed by atoms with Gasteiger partial charge in [-0.1, -0.05) is 0 Å². The Hall–Kier alpha value is -1.09. The van der Waals surface area contributed by atoms with Crippen molar-refractivity contribution in [3.05, 3.63) is 24.0 Å². The van der Waals surface area contributed by atoms with Gasteiger partial charge in [-0.05, 0) is 26.2 Å². The molecule has 0 aliphatic heterocycles. The van der Waals surface area contributed by atoms with Crippen molar-refractivity contribution in [3.63, 3.8) is 0 Å². The average Bonchev–Trinajstić information content (AvgIpc) is 2.04. The van der Waals surface area contributed by atoms with E-state index in [9.17, 15) is 0 Å². The fourth-order valence-corrected chi connectivity index (χ4v) is 1.03. The molecule has 0 N–H and O–H groups in total. The van der Waals surface area contributed by atoms with Gasteiger partial charge in [0.15, 0.2) is 0 Å². The largest absolute Gasteiger partial charge is 0.495 e. The molecule has 0 spiro atoms. The van der Waals surface area contributed by atoms with Crippen molar-refractivity contribution in [3.8, 4) is 5.75 Å². The molecule has 0 aliphatic carbocycles. The van der Waals surface area contributed by atoms with Crippen LogP contribution in [0.5, 0.6) is 5.75 Å². The highest BCUT2D eigenvalue weighted by Gasteiger charge is 2.02. The summed E-state index contributed by atoms with van der Waals surface area (Å²) in [5, 5.41) is 0. The second kappa shape index (κ2) is 4.07. The normalized spacial score (nSPS) is 10.3. The van der Waals surface area contributed by atoms with Crippen molar-refractivity contribution >= 4 is 0 Å². The van der Waals surface area contributed by atoms with Crippen LogP contribution in [0.3, 0.4) is 0 Å². The summed E-state index contributed by atoms with van der Waals surface area (Å²) in [4.78, 5) is 6.28. The molecule has 3 nitrogen and oxygen atoms in total. The molecule has 12 heavy (non-hydrogen) atoms. The summed E-state index contributed by atoms with van der Waals surface area (Å²) in [5.41, 5.74) is 0.977. The molecule has 0 fully saturated rings. The first-order valence-electron chi connectivity index (χ1n) is 3.86. The van der Waals surface area contributed by atoms with Crippen LogP contribution in [0, 0.1) is 0 Å². The molecule has 0 radical (unpaired) electrons. The molecule has 0 atom stereocenters. The summed E-state index contributed by atoms with van der Waals surface area (Å²) in [6.45, 7) is 0.810. The Balaban J connectivity index is 2.82. The van der Waals surface area contributed by atoms with Crippen molar-refractivity contribution < 1.29 is 4.74 Å². The van der Waals surface area contributed by atoms with Gasteiger partial charge in [-0.25, -0.2) is 0 Å². The summed E-state index contributed by atoms with van der Waals surface area (Å²) in [7, 11) is 5.68. The molecule has 0 saturated heterocycles. The van der Waals surface area contributed by atoms with Gasteiger partial charge in [-0.15, -0.1) is 0 Å². The Kier molecular flexibility index (Phi) is 3.05. The lowest BCUT2D eigenvalue weighted by Gasteiger charge is -2.11. The van der Waals surface area contributed by atoms with E-state index in [0.29, 0.717) is 0 Å². The molecule has 1 aromatic heterocycles. The Morgan fingerprint density at radius 2 is 2.25 bits per heavy atom. The Labute approximate surface area is 73.0 Å². The topological polar surface area (TPSA) is 25.4 Å². The second-order valence-corrected chi connectivity index (χ2v) is 2.89. The zero-order valence-electron chi connectivity index (χ0n) is 7.74. The number of hydrogen-bond donors (Lipinski definition) is 0. The van der Waals surface area contributed by atoms with E-state index in [1.165, 1.54) is 0 Å². The van der Waals surface area contributed by atoms with E-state index < -0.39 is 0 Å². The van der Waals surface area contributed by atoms with E-state index in [2.05, 4.69) is 9.88 Å². The zero-order valence-corrected chi connectivity index (χ0v) is 7.74. The van der Waals surface area contributed by atoms with Gasteiger partial charge in [-0.3, -0.25) is 4.98 Å². The van der Waals surface area contributed by atoms with Crippen LogP contribution >= 0.6 is 0 Å². The van der Waals surface area contributed by atoms with E-state index in [-0.39, 0.29) is 0 Å². The first kappa shape index (κ1) is 9.00. The van der Waals surface area contributed by atoms with E-state index >= 15 is 0 Å². The average molecular weight is 166 g/mol. The molecule has 1 rings (SSSR count). The molecule has 0 amide bonds. The van der Waals surface area contributed by atoms with Gasteiger partial charge in [-0.2, -0.15) is 0 Å². The molecule has 0 unspecified atom stereocenters. The van der Waals surface area contributed by atoms with Gasteiger partial charge in [0.2, 0.25) is 0 Å². The number of hydrogen-bond acceptors (Lipinski definition) is 3. The fourth-order valence-electron chi connectivity index (χ4n) is 1.03. The quantitative estimate of drug-likeness (QED) is 0.673. The molecule has 1 aromatic rings. The van der Waals surface area contributed by atoms with Crippen molar-refractivity contribution in [2.45, 2.75) is 6.54 Å². The van der Waals surface area contributed by atoms with Crippen LogP contribution in [-0.4, -0.2) is 31.1 Å². The number of nitrogens with zero attached hydrogens (tertiary/aromatic N) is 2. The van der Waals surface area contributed by atoms with Crippen LogP contribution in [-0.2, 0) is 6.54 Å². The summed E-state index contributed by atoms with van der Waals surface area (Å²) < 4.78 is 5.16. The summed E-state index contributed by atoms with van der Waals surface area (Å²) in [6.07, 6.45) is 1.78. The van der Waals surface area contributed by atoms with Crippen LogP contribution in [0.15, 0.2) is 18.3 Å². The van der Waals surface area contributed by atoms with Crippen molar-refractivity contribution in [1.82, 2.24) is 9.88 Å². The van der Waals surface area contributed by atoms with Crippen LogP contribution in [0.25, 0.3) is 0 Å². The molecule has 0 bridgehead atoms. The van der Waals surface area contributed by atoms with E-state index in [0.717, 1.165) is 18.0 Å². The molecular formula is C9H14N2O. The molecule has 66 valence electrons. The third-order valence-electron chi connectivity index (χ3n) is 1.53. The van der Waals surface area contributed by atoms with Gasteiger partial charge in [0.05, 0.1) is 12.8 Å². The van der Waals surface area contributed by atoms with Gasteiger partial charge in [0, 0.05) is 12.7 Å². The van der Waals surface area contributed by atoms with E-state index in [4.69, 9.17) is 4.74 Å². The summed E-state index contributed by atoms with van der Waals surface area (Å²) >= 11 is 0. The van der Waals surface area contributed by atoms with Crippen molar-refractivity contribution in [2.75, 3.05) is 21.2 Å². The molecular weight excluding hydrogens is 152 g/mol. The lowest BCUT2D eigenvalue weighted by Crippen LogP contribution is -2.12. The first-order valence-corrected chi connectivity index (χ1v) is 3.86. The lowest BCUT2D eigenvalue weighted by molar-refractivity contribution is 0.365. The van der Waals surface area contributed by atoms with Crippen molar-refractivity contribution in [1.29, 1.82) is 0 Å². The minimum absolute atomic E-state index is 0.810. The highest BCUT2D eigenvalue weighted by Crippen LogP contribution is 2.14. The third kappa shape index (κ3) is 2.20. The Morgan fingerprint density at radius 3 is 2.83 bits per heavy atom. The number of ether oxygens (including phenoxy) is 1. The number of aromatic nitrogens is 1. The van der Waals surface area contributed by atoms with Crippen LogP contribution in [0.4, 0.5) is 0 Å². The standard InChI is InChI=1S/C9H14N2O/c1-11(2)7-8-9(12-3)5-4-6-10-8/h4-6H,7H2,1-3H3. The van der Waals surface area contributed by atoms with Gasteiger partial charge < -0.3 is 9.64 Å². The van der Waals surface area contributed by atoms with Gasteiger partial charge in [0.1, 0.15) is 5.75 Å². The number of rotatable bonds is 3. The smallest absolute Gasteiger partial charge is 0.141 e. The molecule has 3 heteroatoms. The minimum atomic E-state index is 0.810. The molecule has 0 saturated carbocycles. The lowest BCUT2D eigenvalue weighted by atomic mass is 10.3. The summed E-state index contributed by atoms with van der Waals surface area (Å²) in [5.74, 6) is 0.853. The van der Waals surface area contributed by atoms with Crippen molar-refractivity contribution in [2.24, 2.45) is 0 Å². The van der Waals surface area contributed by atoms with Gasteiger partial charge in [0.25, 0.3) is 0 Å². The maximum Gasteiger partial charge on any atom is 0.141 e. The van der Waals surface area contributed by atoms with Gasteiger partial charge >= 0.3 is 0 Å². The monoisotopic (exact) mass is 166 g/mol. The maximum atomic E-state index is 5.16.